The van der Waals surface area contributed by atoms with E-state index in [1.807, 2.05) is 11.8 Å². The van der Waals surface area contributed by atoms with Gasteiger partial charge in [-0.05, 0) is 31.9 Å². The maximum Gasteiger partial charge on any atom is 0.238 e. The zero-order chi connectivity index (χ0) is 11.5. The third kappa shape index (κ3) is 2.38. The Kier molecular flexibility index (Phi) is 4.14. The van der Waals surface area contributed by atoms with Gasteiger partial charge in [-0.25, -0.2) is 0 Å². The Morgan fingerprint density at radius 3 is 2.81 bits per heavy atom. The molecule has 1 N–H and O–H groups in total. The molecule has 3 nitrogen and oxygen atoms in total. The molecule has 1 aliphatic heterocycles. The van der Waals surface area contributed by atoms with Crippen LogP contribution in [0, 0.1) is 5.92 Å². The molecular formula is C12H22N2OS. The second-order valence-electron chi connectivity index (χ2n) is 4.98. The van der Waals surface area contributed by atoms with E-state index in [0.717, 1.165) is 5.75 Å². The van der Waals surface area contributed by atoms with E-state index in [9.17, 15) is 4.79 Å². The van der Waals surface area contributed by atoms with E-state index in [1.165, 1.54) is 25.7 Å². The summed E-state index contributed by atoms with van der Waals surface area (Å²) in [5.41, 5.74) is 0. The fraction of sp³-hybridized carbons (Fsp3) is 0.917. The average molecular weight is 242 g/mol. The number of amides is 1. The second kappa shape index (κ2) is 5.41. The summed E-state index contributed by atoms with van der Waals surface area (Å²) in [6, 6.07) is 0.364. The summed E-state index contributed by atoms with van der Waals surface area (Å²) in [5.74, 6) is 2.02. The number of hydrogen-bond donors (Lipinski definition) is 1. The minimum absolute atomic E-state index is 0.290. The molecule has 0 aromatic rings. The monoisotopic (exact) mass is 242 g/mol. The molecule has 0 bridgehead atoms. The summed E-state index contributed by atoms with van der Waals surface area (Å²) in [7, 11) is 0. The number of carbonyl (C=O) groups is 1. The van der Waals surface area contributed by atoms with Crippen LogP contribution in [-0.4, -0.2) is 41.6 Å². The number of carbonyl (C=O) groups excluding carboxylic acids is 1. The van der Waals surface area contributed by atoms with Crippen LogP contribution in [0.5, 0.6) is 0 Å². The standard InChI is InChI=1S/C12H22N2OS/c1-9(8-16-2)14-11(15)7-13-12(14)10-5-3-4-6-10/h9-10,12-13H,3-8H2,1-2H3. The summed E-state index contributed by atoms with van der Waals surface area (Å²) < 4.78 is 0. The van der Waals surface area contributed by atoms with Crippen molar-refractivity contribution in [2.24, 2.45) is 5.92 Å². The van der Waals surface area contributed by atoms with Crippen LogP contribution in [0.4, 0.5) is 0 Å². The first kappa shape index (κ1) is 12.2. The largest absolute Gasteiger partial charge is 0.322 e. The van der Waals surface area contributed by atoms with E-state index in [1.54, 1.807) is 0 Å². The van der Waals surface area contributed by atoms with E-state index in [4.69, 9.17) is 0 Å². The van der Waals surface area contributed by atoms with Crippen molar-refractivity contribution in [3.63, 3.8) is 0 Å². The Labute approximate surface area is 102 Å². The van der Waals surface area contributed by atoms with Crippen molar-refractivity contribution in [2.75, 3.05) is 18.6 Å². The average Bonchev–Trinajstić information content (AvgIpc) is 2.86. The van der Waals surface area contributed by atoms with Crippen molar-refractivity contribution in [2.45, 2.75) is 44.8 Å². The Morgan fingerprint density at radius 2 is 2.19 bits per heavy atom. The predicted molar refractivity (Wildman–Crippen MR) is 68.4 cm³/mol. The number of nitrogens with zero attached hydrogens (tertiary/aromatic N) is 1. The first-order valence-electron chi connectivity index (χ1n) is 6.27. The number of rotatable bonds is 4. The van der Waals surface area contributed by atoms with E-state index >= 15 is 0 Å². The zero-order valence-corrected chi connectivity index (χ0v) is 11.1. The summed E-state index contributed by atoms with van der Waals surface area (Å²) in [6.45, 7) is 2.71. The Morgan fingerprint density at radius 1 is 1.50 bits per heavy atom. The number of hydrogen-bond acceptors (Lipinski definition) is 3. The minimum atomic E-state index is 0.290. The summed E-state index contributed by atoms with van der Waals surface area (Å²) in [5, 5.41) is 3.40. The molecular weight excluding hydrogens is 220 g/mol. The number of thioether (sulfide) groups is 1. The van der Waals surface area contributed by atoms with Gasteiger partial charge in [0.25, 0.3) is 0 Å². The molecule has 1 aliphatic carbocycles. The highest BCUT2D eigenvalue weighted by molar-refractivity contribution is 7.98. The van der Waals surface area contributed by atoms with Gasteiger partial charge in [-0.2, -0.15) is 11.8 Å². The quantitative estimate of drug-likeness (QED) is 0.814. The minimum Gasteiger partial charge on any atom is -0.322 e. The molecule has 16 heavy (non-hydrogen) atoms. The molecule has 2 atom stereocenters. The van der Waals surface area contributed by atoms with Crippen molar-refractivity contribution < 1.29 is 4.79 Å². The molecule has 1 saturated carbocycles. The smallest absolute Gasteiger partial charge is 0.238 e. The maximum absolute atomic E-state index is 11.9. The molecule has 0 spiro atoms. The highest BCUT2D eigenvalue weighted by atomic mass is 32.2. The molecule has 4 heteroatoms. The molecule has 0 aromatic carbocycles. The summed E-state index contributed by atoms with van der Waals surface area (Å²) in [6.07, 6.45) is 7.66. The van der Waals surface area contributed by atoms with E-state index in [0.29, 0.717) is 30.6 Å². The van der Waals surface area contributed by atoms with Gasteiger partial charge in [0.15, 0.2) is 0 Å². The van der Waals surface area contributed by atoms with Crippen LogP contribution in [0.1, 0.15) is 32.6 Å². The molecule has 2 unspecified atom stereocenters. The molecule has 2 aliphatic rings. The fourth-order valence-electron chi connectivity index (χ4n) is 3.05. The number of nitrogens with one attached hydrogen (secondary N) is 1. The molecule has 92 valence electrons. The molecule has 0 radical (unpaired) electrons. The zero-order valence-electron chi connectivity index (χ0n) is 10.2. The van der Waals surface area contributed by atoms with Crippen molar-refractivity contribution in [3.8, 4) is 0 Å². The van der Waals surface area contributed by atoms with E-state index in [-0.39, 0.29) is 0 Å². The van der Waals surface area contributed by atoms with Crippen LogP contribution in [0.2, 0.25) is 0 Å². The summed E-state index contributed by atoms with van der Waals surface area (Å²) >= 11 is 1.82. The van der Waals surface area contributed by atoms with Gasteiger partial charge < -0.3 is 4.90 Å². The lowest BCUT2D eigenvalue weighted by Gasteiger charge is -2.33. The first-order chi connectivity index (χ1) is 7.74. The van der Waals surface area contributed by atoms with Crippen molar-refractivity contribution >= 4 is 17.7 Å². The van der Waals surface area contributed by atoms with Crippen molar-refractivity contribution in [1.29, 1.82) is 0 Å². The van der Waals surface area contributed by atoms with Crippen LogP contribution >= 0.6 is 11.8 Å². The molecule has 2 fully saturated rings. The third-order valence-electron chi connectivity index (χ3n) is 3.78. The predicted octanol–water partition coefficient (Wildman–Crippen LogP) is 1.69. The molecule has 2 rings (SSSR count). The van der Waals surface area contributed by atoms with Crippen molar-refractivity contribution in [3.05, 3.63) is 0 Å². The summed E-state index contributed by atoms with van der Waals surface area (Å²) in [4.78, 5) is 14.0. The van der Waals surface area contributed by atoms with Crippen molar-refractivity contribution in [1.82, 2.24) is 10.2 Å². The lowest BCUT2D eigenvalue weighted by molar-refractivity contribution is -0.130. The lowest BCUT2D eigenvalue weighted by Crippen LogP contribution is -2.47. The van der Waals surface area contributed by atoms with Crippen LogP contribution in [0.3, 0.4) is 0 Å². The van der Waals surface area contributed by atoms with Crippen LogP contribution < -0.4 is 5.32 Å². The Bertz CT molecular complexity index is 253. The fourth-order valence-corrected chi connectivity index (χ4v) is 3.69. The highest BCUT2D eigenvalue weighted by Gasteiger charge is 2.39. The SMILES string of the molecule is CSCC(C)N1C(=O)CNC1C1CCCC1. The molecule has 1 saturated heterocycles. The second-order valence-corrected chi connectivity index (χ2v) is 5.89. The van der Waals surface area contributed by atoms with Crippen LogP contribution in [-0.2, 0) is 4.79 Å². The van der Waals surface area contributed by atoms with E-state index in [2.05, 4.69) is 23.4 Å². The Hall–Kier alpha value is -0.220. The van der Waals surface area contributed by atoms with Crippen LogP contribution in [0.15, 0.2) is 0 Å². The van der Waals surface area contributed by atoms with Gasteiger partial charge in [0, 0.05) is 11.8 Å². The van der Waals surface area contributed by atoms with Crippen LogP contribution in [0.25, 0.3) is 0 Å². The van der Waals surface area contributed by atoms with Gasteiger partial charge in [-0.15, -0.1) is 0 Å². The maximum atomic E-state index is 11.9. The topological polar surface area (TPSA) is 32.3 Å². The molecule has 1 amide bonds. The molecule has 0 aromatic heterocycles. The first-order valence-corrected chi connectivity index (χ1v) is 7.67. The lowest BCUT2D eigenvalue weighted by atomic mass is 10.0. The van der Waals surface area contributed by atoms with Gasteiger partial charge >= 0.3 is 0 Å². The van der Waals surface area contributed by atoms with Gasteiger partial charge in [0.1, 0.15) is 0 Å². The normalized spacial score (nSPS) is 29.0. The molecule has 1 heterocycles. The van der Waals surface area contributed by atoms with Gasteiger partial charge in [-0.1, -0.05) is 12.8 Å². The Balaban J connectivity index is 2.02. The van der Waals surface area contributed by atoms with E-state index < -0.39 is 0 Å². The highest BCUT2D eigenvalue weighted by Crippen LogP contribution is 2.31. The van der Waals surface area contributed by atoms with Gasteiger partial charge in [0.05, 0.1) is 12.7 Å². The van der Waals surface area contributed by atoms with Gasteiger partial charge in [0.2, 0.25) is 5.91 Å². The third-order valence-corrected chi connectivity index (χ3v) is 4.59. The van der Waals surface area contributed by atoms with Gasteiger partial charge in [-0.3, -0.25) is 10.1 Å².